The van der Waals surface area contributed by atoms with Crippen molar-refractivity contribution in [2.45, 2.75) is 11.8 Å². The summed E-state index contributed by atoms with van der Waals surface area (Å²) in [5.74, 6) is 0.362. The highest BCUT2D eigenvalue weighted by atomic mass is 32.2. The Kier molecular flexibility index (Phi) is 4.99. The van der Waals surface area contributed by atoms with E-state index in [-0.39, 0.29) is 18.0 Å². The molecule has 1 aromatic rings. The van der Waals surface area contributed by atoms with E-state index in [1.165, 1.54) is 12.1 Å². The fraction of sp³-hybridized carbons (Fsp3) is 0.385. The van der Waals surface area contributed by atoms with Gasteiger partial charge in [-0.1, -0.05) is 17.7 Å². The first-order chi connectivity index (χ1) is 10.4. The van der Waals surface area contributed by atoms with Crippen molar-refractivity contribution in [3.05, 3.63) is 52.0 Å². The van der Waals surface area contributed by atoms with E-state index in [4.69, 9.17) is 4.18 Å². The van der Waals surface area contributed by atoms with Gasteiger partial charge in [0.25, 0.3) is 16.3 Å². The topological polar surface area (TPSA) is 102 Å². The van der Waals surface area contributed by atoms with Crippen LogP contribution in [0.5, 0.6) is 0 Å². The van der Waals surface area contributed by atoms with Crippen LogP contribution in [0.15, 0.2) is 41.2 Å². The molecule has 1 aliphatic rings. The van der Waals surface area contributed by atoms with Crippen molar-refractivity contribution in [2.75, 3.05) is 26.2 Å². The molecule has 1 aliphatic heterocycles. The van der Waals surface area contributed by atoms with Gasteiger partial charge in [0.2, 0.25) is 0 Å². The van der Waals surface area contributed by atoms with Crippen LogP contribution in [0, 0.1) is 17.0 Å². The van der Waals surface area contributed by atoms with Crippen molar-refractivity contribution in [3.8, 4) is 0 Å². The van der Waals surface area contributed by atoms with Crippen molar-refractivity contribution in [2.24, 2.45) is 0 Å². The van der Waals surface area contributed by atoms with Gasteiger partial charge in [-0.05, 0) is 19.1 Å². The van der Waals surface area contributed by atoms with Crippen molar-refractivity contribution in [1.82, 2.24) is 10.2 Å². The highest BCUT2D eigenvalue weighted by molar-refractivity contribution is 7.86. The molecule has 1 aromatic carbocycles. The second-order valence-electron chi connectivity index (χ2n) is 4.80. The Morgan fingerprint density at radius 1 is 1.41 bits per heavy atom. The Balaban J connectivity index is 1.93. The summed E-state index contributed by atoms with van der Waals surface area (Å²) >= 11 is 0. The molecule has 2 rings (SSSR count). The van der Waals surface area contributed by atoms with E-state index < -0.39 is 15.0 Å². The van der Waals surface area contributed by atoms with Gasteiger partial charge in [0.15, 0.2) is 5.82 Å². The van der Waals surface area contributed by atoms with Crippen molar-refractivity contribution in [1.29, 1.82) is 0 Å². The Hall–Kier alpha value is -2.13. The fourth-order valence-electron chi connectivity index (χ4n) is 2.04. The number of nitrogens with zero attached hydrogens (tertiary/aromatic N) is 2. The van der Waals surface area contributed by atoms with Crippen LogP contribution in [0.25, 0.3) is 0 Å². The lowest BCUT2D eigenvalue weighted by Crippen LogP contribution is -2.26. The van der Waals surface area contributed by atoms with Crippen LogP contribution in [0.3, 0.4) is 0 Å². The SMILES string of the molecule is Cc1ccc(S(=O)(=O)OCCN2CCN/C2=C\[N+](=O)[O-])cc1. The van der Waals surface area contributed by atoms with Gasteiger partial charge >= 0.3 is 0 Å². The number of hydrogen-bond acceptors (Lipinski definition) is 7. The molecule has 0 aliphatic carbocycles. The third kappa shape index (κ3) is 4.18. The molecule has 0 amide bonds. The maximum Gasteiger partial charge on any atom is 0.297 e. The number of hydrogen-bond donors (Lipinski definition) is 1. The zero-order valence-corrected chi connectivity index (χ0v) is 12.9. The Labute approximate surface area is 128 Å². The van der Waals surface area contributed by atoms with E-state index in [9.17, 15) is 18.5 Å². The average molecular weight is 327 g/mol. The molecular weight excluding hydrogens is 310 g/mol. The second-order valence-corrected chi connectivity index (χ2v) is 6.42. The van der Waals surface area contributed by atoms with E-state index in [0.29, 0.717) is 18.9 Å². The molecular formula is C13H17N3O5S. The Bertz CT molecular complexity index is 669. The van der Waals surface area contributed by atoms with Crippen molar-refractivity contribution < 1.29 is 17.5 Å². The number of aryl methyl sites for hydroxylation is 1. The Morgan fingerprint density at radius 2 is 2.09 bits per heavy atom. The largest absolute Gasteiger partial charge is 0.365 e. The highest BCUT2D eigenvalue weighted by Gasteiger charge is 2.21. The van der Waals surface area contributed by atoms with Gasteiger partial charge in [0.1, 0.15) is 0 Å². The lowest BCUT2D eigenvalue weighted by atomic mass is 10.2. The molecule has 1 N–H and O–H groups in total. The molecule has 0 bridgehead atoms. The first-order valence-corrected chi connectivity index (χ1v) is 8.09. The number of nitro groups is 1. The molecule has 9 heteroatoms. The zero-order chi connectivity index (χ0) is 16.2. The van der Waals surface area contributed by atoms with E-state index in [1.807, 2.05) is 6.92 Å². The smallest absolute Gasteiger partial charge is 0.297 e. The van der Waals surface area contributed by atoms with Crippen LogP contribution in [-0.2, 0) is 14.3 Å². The summed E-state index contributed by atoms with van der Waals surface area (Å²) in [4.78, 5) is 11.7. The summed E-state index contributed by atoms with van der Waals surface area (Å²) in [7, 11) is -3.81. The van der Waals surface area contributed by atoms with Gasteiger partial charge in [0, 0.05) is 19.6 Å². The molecule has 0 spiro atoms. The molecule has 0 radical (unpaired) electrons. The summed E-state index contributed by atoms with van der Waals surface area (Å²) in [5, 5.41) is 13.3. The molecule has 22 heavy (non-hydrogen) atoms. The fourth-order valence-corrected chi connectivity index (χ4v) is 2.94. The summed E-state index contributed by atoms with van der Waals surface area (Å²) in [6.07, 6.45) is 0.863. The first kappa shape index (κ1) is 16.2. The van der Waals surface area contributed by atoms with Crippen molar-refractivity contribution >= 4 is 10.1 Å². The quantitative estimate of drug-likeness (QED) is 0.466. The minimum absolute atomic E-state index is 0.0764. The van der Waals surface area contributed by atoms with Gasteiger partial charge in [0.05, 0.1) is 16.4 Å². The molecule has 0 atom stereocenters. The lowest BCUT2D eigenvalue weighted by molar-refractivity contribution is -0.404. The average Bonchev–Trinajstić information content (AvgIpc) is 2.85. The number of nitrogens with one attached hydrogen (secondary N) is 1. The molecule has 0 aromatic heterocycles. The van der Waals surface area contributed by atoms with Crippen LogP contribution in [0.1, 0.15) is 5.56 Å². The molecule has 0 unspecified atom stereocenters. The summed E-state index contributed by atoms with van der Waals surface area (Å²) < 4.78 is 29.0. The molecule has 120 valence electrons. The third-order valence-corrected chi connectivity index (χ3v) is 4.49. The standard InChI is InChI=1S/C13H17N3O5S/c1-11-2-4-12(5-3-11)22(19,20)21-9-8-15-7-6-14-13(15)10-16(17)18/h2-5,10,14H,6-9H2,1H3/b13-10+. The Morgan fingerprint density at radius 3 is 2.73 bits per heavy atom. The van der Waals surface area contributed by atoms with Crippen LogP contribution in [0.4, 0.5) is 0 Å². The van der Waals surface area contributed by atoms with Crippen molar-refractivity contribution in [3.63, 3.8) is 0 Å². The summed E-state index contributed by atoms with van der Waals surface area (Å²) in [5.41, 5.74) is 0.955. The number of rotatable bonds is 6. The monoisotopic (exact) mass is 327 g/mol. The first-order valence-electron chi connectivity index (χ1n) is 6.69. The summed E-state index contributed by atoms with van der Waals surface area (Å²) in [6, 6.07) is 6.36. The van der Waals surface area contributed by atoms with E-state index >= 15 is 0 Å². The van der Waals surface area contributed by atoms with E-state index in [1.54, 1.807) is 17.0 Å². The van der Waals surface area contributed by atoms with Crippen LogP contribution in [-0.4, -0.2) is 44.5 Å². The van der Waals surface area contributed by atoms with Gasteiger partial charge in [-0.25, -0.2) is 0 Å². The summed E-state index contributed by atoms with van der Waals surface area (Å²) in [6.45, 7) is 3.17. The molecule has 8 nitrogen and oxygen atoms in total. The van der Waals surface area contributed by atoms with E-state index in [2.05, 4.69) is 5.32 Å². The van der Waals surface area contributed by atoms with Crippen LogP contribution < -0.4 is 5.32 Å². The molecule has 1 saturated heterocycles. The third-order valence-electron chi connectivity index (χ3n) is 3.17. The predicted molar refractivity (Wildman–Crippen MR) is 79.0 cm³/mol. The maximum atomic E-state index is 12.0. The van der Waals surface area contributed by atoms with Gasteiger partial charge in [-0.15, -0.1) is 0 Å². The van der Waals surface area contributed by atoms with Gasteiger partial charge in [-0.2, -0.15) is 8.42 Å². The lowest BCUT2D eigenvalue weighted by Gasteiger charge is -2.16. The molecule has 1 heterocycles. The van der Waals surface area contributed by atoms with Gasteiger partial charge < -0.3 is 10.2 Å². The maximum absolute atomic E-state index is 12.0. The van der Waals surface area contributed by atoms with Crippen LogP contribution >= 0.6 is 0 Å². The van der Waals surface area contributed by atoms with Gasteiger partial charge in [-0.3, -0.25) is 14.3 Å². The zero-order valence-electron chi connectivity index (χ0n) is 12.1. The minimum atomic E-state index is -3.81. The highest BCUT2D eigenvalue weighted by Crippen LogP contribution is 2.14. The number of benzene rings is 1. The normalized spacial score (nSPS) is 16.8. The minimum Gasteiger partial charge on any atom is -0.365 e. The molecule has 1 fully saturated rings. The van der Waals surface area contributed by atoms with E-state index in [0.717, 1.165) is 11.8 Å². The van der Waals surface area contributed by atoms with Crippen LogP contribution in [0.2, 0.25) is 0 Å². The predicted octanol–water partition coefficient (Wildman–Crippen LogP) is 0.681. The molecule has 0 saturated carbocycles. The second kappa shape index (κ2) is 6.75.